The quantitative estimate of drug-likeness (QED) is 0.913. The van der Waals surface area contributed by atoms with E-state index >= 15 is 0 Å². The first-order valence-corrected chi connectivity index (χ1v) is 6.29. The summed E-state index contributed by atoms with van der Waals surface area (Å²) in [6.07, 6.45) is 0. The van der Waals surface area contributed by atoms with Crippen LogP contribution in [0, 0.1) is 0 Å². The fourth-order valence-corrected chi connectivity index (χ4v) is 1.90. The molecule has 0 atom stereocenters. The van der Waals surface area contributed by atoms with Gasteiger partial charge in [0.25, 0.3) is 5.91 Å². The molecule has 2 aromatic rings. The third-order valence-corrected chi connectivity index (χ3v) is 3.05. The lowest BCUT2D eigenvalue weighted by Gasteiger charge is -2.05. The summed E-state index contributed by atoms with van der Waals surface area (Å²) in [6.45, 7) is 0.600. The van der Waals surface area contributed by atoms with Crippen molar-refractivity contribution in [3.63, 3.8) is 0 Å². The van der Waals surface area contributed by atoms with Crippen LogP contribution >= 0.6 is 15.9 Å². The molecule has 0 saturated heterocycles. The highest BCUT2D eigenvalue weighted by atomic mass is 79.9. The van der Waals surface area contributed by atoms with Gasteiger partial charge in [0.15, 0.2) is 5.76 Å². The fraction of sp³-hybridized carbons (Fsp3) is 0.154. The van der Waals surface area contributed by atoms with Crippen molar-refractivity contribution >= 4 is 27.5 Å². The maximum Gasteiger partial charge on any atom is 0.291 e. The Balaban J connectivity index is 2.10. The van der Waals surface area contributed by atoms with E-state index in [1.54, 1.807) is 12.1 Å². The van der Waals surface area contributed by atoms with Crippen LogP contribution in [0.5, 0.6) is 0 Å². The van der Waals surface area contributed by atoms with E-state index in [0.29, 0.717) is 18.0 Å². The molecule has 2 rings (SSSR count). The van der Waals surface area contributed by atoms with Crippen LogP contribution in [0.25, 0.3) is 0 Å². The van der Waals surface area contributed by atoms with Gasteiger partial charge in [-0.1, -0.05) is 12.1 Å². The standard InChI is InChI=1S/C13H13BrN2O2/c1-15-8-9-6-7-12(18-9)13(17)16-11-5-3-2-4-10(11)14/h2-7,15H,8H2,1H3,(H,16,17). The lowest BCUT2D eigenvalue weighted by Crippen LogP contribution is -2.11. The highest BCUT2D eigenvalue weighted by molar-refractivity contribution is 9.10. The third kappa shape index (κ3) is 3.00. The molecule has 1 aromatic carbocycles. The van der Waals surface area contributed by atoms with Crippen LogP contribution in [0.15, 0.2) is 45.3 Å². The summed E-state index contributed by atoms with van der Waals surface area (Å²) in [5, 5.41) is 5.74. The van der Waals surface area contributed by atoms with Gasteiger partial charge in [0.05, 0.1) is 12.2 Å². The Kier molecular flexibility index (Phi) is 4.17. The second-order valence-corrected chi connectivity index (χ2v) is 4.58. The smallest absolute Gasteiger partial charge is 0.291 e. The first-order chi connectivity index (χ1) is 8.70. The lowest BCUT2D eigenvalue weighted by molar-refractivity contribution is 0.0994. The Bertz CT molecular complexity index is 551. The zero-order chi connectivity index (χ0) is 13.0. The highest BCUT2D eigenvalue weighted by Gasteiger charge is 2.12. The Morgan fingerprint density at radius 3 is 2.78 bits per heavy atom. The van der Waals surface area contributed by atoms with E-state index in [0.717, 1.165) is 10.2 Å². The molecule has 5 heteroatoms. The molecule has 0 radical (unpaired) electrons. The maximum atomic E-state index is 11.9. The topological polar surface area (TPSA) is 54.3 Å². The second-order valence-electron chi connectivity index (χ2n) is 3.73. The Hall–Kier alpha value is -1.59. The number of benzene rings is 1. The monoisotopic (exact) mass is 308 g/mol. The minimum atomic E-state index is -0.260. The van der Waals surface area contributed by atoms with Crippen molar-refractivity contribution in [2.75, 3.05) is 12.4 Å². The molecule has 1 amide bonds. The lowest BCUT2D eigenvalue weighted by atomic mass is 10.3. The summed E-state index contributed by atoms with van der Waals surface area (Å²) in [5.74, 6) is 0.773. The molecule has 1 heterocycles. The largest absolute Gasteiger partial charge is 0.455 e. The molecule has 0 unspecified atom stereocenters. The van der Waals surface area contributed by atoms with Gasteiger partial charge in [-0.05, 0) is 47.2 Å². The number of rotatable bonds is 4. The molecule has 1 aromatic heterocycles. The maximum absolute atomic E-state index is 11.9. The van der Waals surface area contributed by atoms with Crippen molar-refractivity contribution in [2.45, 2.75) is 6.54 Å². The van der Waals surface area contributed by atoms with Crippen LogP contribution in [-0.2, 0) is 6.54 Å². The average Bonchev–Trinajstić information content (AvgIpc) is 2.81. The zero-order valence-corrected chi connectivity index (χ0v) is 11.5. The molecule has 4 nitrogen and oxygen atoms in total. The van der Waals surface area contributed by atoms with E-state index < -0.39 is 0 Å². The molecule has 0 fully saturated rings. The Morgan fingerprint density at radius 1 is 1.28 bits per heavy atom. The SMILES string of the molecule is CNCc1ccc(C(=O)Nc2ccccc2Br)o1. The van der Waals surface area contributed by atoms with Crippen LogP contribution < -0.4 is 10.6 Å². The summed E-state index contributed by atoms with van der Waals surface area (Å²) >= 11 is 3.37. The van der Waals surface area contributed by atoms with E-state index in [9.17, 15) is 4.79 Å². The van der Waals surface area contributed by atoms with Crippen molar-refractivity contribution < 1.29 is 9.21 Å². The van der Waals surface area contributed by atoms with E-state index in [-0.39, 0.29) is 5.91 Å². The summed E-state index contributed by atoms with van der Waals surface area (Å²) in [5.41, 5.74) is 0.717. The average molecular weight is 309 g/mol. The molecule has 94 valence electrons. The Labute approximate surface area is 114 Å². The first-order valence-electron chi connectivity index (χ1n) is 5.50. The molecular formula is C13H13BrN2O2. The number of para-hydroxylation sites is 1. The summed E-state index contributed by atoms with van der Waals surface area (Å²) in [6, 6.07) is 10.9. The highest BCUT2D eigenvalue weighted by Crippen LogP contribution is 2.22. The molecule has 2 N–H and O–H groups in total. The van der Waals surface area contributed by atoms with Crippen molar-refractivity contribution in [3.05, 3.63) is 52.4 Å². The molecule has 0 aliphatic rings. The molecule has 0 spiro atoms. The molecule has 18 heavy (non-hydrogen) atoms. The number of furan rings is 1. The van der Waals surface area contributed by atoms with Crippen LogP contribution in [0.2, 0.25) is 0 Å². The van der Waals surface area contributed by atoms with Gasteiger partial charge in [0.2, 0.25) is 0 Å². The van der Waals surface area contributed by atoms with Crippen LogP contribution in [-0.4, -0.2) is 13.0 Å². The van der Waals surface area contributed by atoms with Crippen LogP contribution in [0.3, 0.4) is 0 Å². The van der Waals surface area contributed by atoms with Crippen molar-refractivity contribution in [1.29, 1.82) is 0 Å². The van der Waals surface area contributed by atoms with Crippen LogP contribution in [0.4, 0.5) is 5.69 Å². The number of nitrogens with one attached hydrogen (secondary N) is 2. The minimum absolute atomic E-state index is 0.260. The first kappa shape index (κ1) is 12.9. The van der Waals surface area contributed by atoms with Crippen molar-refractivity contribution in [2.24, 2.45) is 0 Å². The van der Waals surface area contributed by atoms with Gasteiger partial charge in [-0.3, -0.25) is 4.79 Å². The van der Waals surface area contributed by atoms with E-state index in [1.807, 2.05) is 31.3 Å². The minimum Gasteiger partial charge on any atom is -0.455 e. The number of carbonyl (C=O) groups excluding carboxylic acids is 1. The second kappa shape index (κ2) is 5.84. The fourth-order valence-electron chi connectivity index (χ4n) is 1.52. The van der Waals surface area contributed by atoms with Gasteiger partial charge in [-0.2, -0.15) is 0 Å². The van der Waals surface area contributed by atoms with E-state index in [2.05, 4.69) is 26.6 Å². The van der Waals surface area contributed by atoms with Gasteiger partial charge in [0.1, 0.15) is 5.76 Å². The number of hydrogen-bond donors (Lipinski definition) is 2. The van der Waals surface area contributed by atoms with Gasteiger partial charge >= 0.3 is 0 Å². The summed E-state index contributed by atoms with van der Waals surface area (Å²) < 4.78 is 6.24. The predicted octanol–water partition coefficient (Wildman–Crippen LogP) is 3.01. The number of halogens is 1. The zero-order valence-electron chi connectivity index (χ0n) is 9.87. The number of amides is 1. The van der Waals surface area contributed by atoms with Gasteiger partial charge in [-0.15, -0.1) is 0 Å². The Morgan fingerprint density at radius 2 is 2.06 bits per heavy atom. The summed E-state index contributed by atoms with van der Waals surface area (Å²) in [4.78, 5) is 11.9. The van der Waals surface area contributed by atoms with Crippen LogP contribution in [0.1, 0.15) is 16.3 Å². The molecule has 0 aliphatic carbocycles. The van der Waals surface area contributed by atoms with E-state index in [1.165, 1.54) is 0 Å². The number of carbonyl (C=O) groups is 1. The van der Waals surface area contributed by atoms with Crippen molar-refractivity contribution in [3.8, 4) is 0 Å². The molecule has 0 bridgehead atoms. The normalized spacial score (nSPS) is 10.3. The van der Waals surface area contributed by atoms with Crippen molar-refractivity contribution in [1.82, 2.24) is 5.32 Å². The molecular weight excluding hydrogens is 296 g/mol. The number of hydrogen-bond acceptors (Lipinski definition) is 3. The van der Waals surface area contributed by atoms with Gasteiger partial charge in [-0.25, -0.2) is 0 Å². The van der Waals surface area contributed by atoms with Gasteiger partial charge in [0, 0.05) is 4.47 Å². The molecule has 0 aliphatic heterocycles. The third-order valence-electron chi connectivity index (χ3n) is 2.36. The van der Waals surface area contributed by atoms with E-state index in [4.69, 9.17) is 4.42 Å². The predicted molar refractivity (Wildman–Crippen MR) is 73.6 cm³/mol. The molecule has 0 saturated carbocycles. The van der Waals surface area contributed by atoms with Gasteiger partial charge < -0.3 is 15.1 Å². The summed E-state index contributed by atoms with van der Waals surface area (Å²) in [7, 11) is 1.82. The number of anilines is 1.